The molecule has 2 N–H and O–H groups in total. The zero-order valence-electron chi connectivity index (χ0n) is 24.3. The van der Waals surface area contributed by atoms with Gasteiger partial charge in [-0.15, -0.1) is 0 Å². The largest absolute Gasteiger partial charge is 0.493 e. The van der Waals surface area contributed by atoms with Gasteiger partial charge in [-0.25, -0.2) is 0 Å². The highest BCUT2D eigenvalue weighted by atomic mass is 16.5. The van der Waals surface area contributed by atoms with Gasteiger partial charge < -0.3 is 39.4 Å². The molecule has 0 aliphatic carbocycles. The van der Waals surface area contributed by atoms with Crippen LogP contribution in [0, 0.1) is 0 Å². The van der Waals surface area contributed by atoms with E-state index in [-0.39, 0.29) is 11.8 Å². The number of carbonyl (C=O) groups excluding carboxylic acids is 2. The van der Waals surface area contributed by atoms with E-state index < -0.39 is 0 Å². The van der Waals surface area contributed by atoms with Crippen LogP contribution in [0.4, 0.5) is 0 Å². The summed E-state index contributed by atoms with van der Waals surface area (Å²) in [5, 5.41) is 6.04. The summed E-state index contributed by atoms with van der Waals surface area (Å²) in [6, 6.07) is 11.1. The van der Waals surface area contributed by atoms with Crippen LogP contribution in [0.15, 0.2) is 36.4 Å². The fourth-order valence-electron chi connectivity index (χ4n) is 4.77. The van der Waals surface area contributed by atoms with Gasteiger partial charge in [0, 0.05) is 39.3 Å². The molecule has 10 heteroatoms. The number of carbonyl (C=O) groups is 2. The van der Waals surface area contributed by atoms with Crippen molar-refractivity contribution in [2.75, 3.05) is 80.8 Å². The third-order valence-corrected chi connectivity index (χ3v) is 7.04. The third kappa shape index (κ3) is 9.91. The van der Waals surface area contributed by atoms with E-state index in [9.17, 15) is 9.59 Å². The molecule has 0 saturated carbocycles. The summed E-state index contributed by atoms with van der Waals surface area (Å²) >= 11 is 0. The first-order chi connectivity index (χ1) is 19.4. The predicted octanol–water partition coefficient (Wildman–Crippen LogP) is 2.14. The fourth-order valence-corrected chi connectivity index (χ4v) is 4.77. The highest BCUT2D eigenvalue weighted by molar-refractivity contribution is 5.79. The van der Waals surface area contributed by atoms with Gasteiger partial charge in [0.25, 0.3) is 0 Å². The number of benzene rings is 2. The average molecular weight is 557 g/mol. The first-order valence-electron chi connectivity index (χ1n) is 13.9. The van der Waals surface area contributed by atoms with Crippen LogP contribution in [0.5, 0.6) is 23.0 Å². The molecule has 2 aromatic rings. The highest BCUT2D eigenvalue weighted by Crippen LogP contribution is 2.28. The van der Waals surface area contributed by atoms with Gasteiger partial charge in [-0.05, 0) is 61.3 Å². The second kappa shape index (κ2) is 16.6. The Hall–Kier alpha value is -3.50. The van der Waals surface area contributed by atoms with Gasteiger partial charge in [0.15, 0.2) is 23.0 Å². The van der Waals surface area contributed by atoms with Crippen molar-refractivity contribution >= 4 is 11.8 Å². The summed E-state index contributed by atoms with van der Waals surface area (Å²) in [6.07, 6.45) is 2.47. The SMILES string of the molecule is COc1ccc(CC(=O)NCCCN2CCN(CCCNC(=O)Cc3ccc(OC)c(OC)c3)CC2)cc1OC. The van der Waals surface area contributed by atoms with E-state index in [4.69, 9.17) is 18.9 Å². The molecular weight excluding hydrogens is 512 g/mol. The minimum absolute atomic E-state index is 0.00727. The first kappa shape index (κ1) is 31.0. The maximum atomic E-state index is 12.3. The molecule has 10 nitrogen and oxygen atoms in total. The topological polar surface area (TPSA) is 102 Å². The molecule has 0 bridgehead atoms. The Bertz CT molecular complexity index is 1000. The molecular formula is C30H44N4O6. The number of methoxy groups -OCH3 is 4. The van der Waals surface area contributed by atoms with Gasteiger partial charge >= 0.3 is 0 Å². The van der Waals surface area contributed by atoms with Crippen LogP contribution in [0.1, 0.15) is 24.0 Å². The van der Waals surface area contributed by atoms with Crippen LogP contribution < -0.4 is 29.6 Å². The van der Waals surface area contributed by atoms with E-state index in [2.05, 4.69) is 20.4 Å². The minimum atomic E-state index is 0.00727. The molecule has 3 rings (SSSR count). The lowest BCUT2D eigenvalue weighted by Gasteiger charge is -2.34. The van der Waals surface area contributed by atoms with Gasteiger partial charge in [-0.3, -0.25) is 9.59 Å². The third-order valence-electron chi connectivity index (χ3n) is 7.04. The average Bonchev–Trinajstić information content (AvgIpc) is 2.98. The summed E-state index contributed by atoms with van der Waals surface area (Å²) < 4.78 is 21.1. The summed E-state index contributed by atoms with van der Waals surface area (Å²) in [5.74, 6) is 2.58. The van der Waals surface area contributed by atoms with Crippen LogP contribution in [0.3, 0.4) is 0 Å². The molecule has 0 spiro atoms. The Morgan fingerprint density at radius 1 is 0.625 bits per heavy atom. The van der Waals surface area contributed by atoms with Crippen molar-refractivity contribution in [1.29, 1.82) is 0 Å². The van der Waals surface area contributed by atoms with Crippen molar-refractivity contribution in [2.45, 2.75) is 25.7 Å². The molecule has 40 heavy (non-hydrogen) atoms. The Morgan fingerprint density at radius 2 is 1.00 bits per heavy atom. The lowest BCUT2D eigenvalue weighted by molar-refractivity contribution is -0.121. The van der Waals surface area contributed by atoms with E-state index in [1.54, 1.807) is 28.4 Å². The van der Waals surface area contributed by atoms with Gasteiger partial charge in [-0.1, -0.05) is 12.1 Å². The summed E-state index contributed by atoms with van der Waals surface area (Å²) in [5.41, 5.74) is 1.78. The van der Waals surface area contributed by atoms with E-state index in [1.165, 1.54) is 0 Å². The van der Waals surface area contributed by atoms with Gasteiger partial charge in [0.05, 0.1) is 41.3 Å². The van der Waals surface area contributed by atoms with Gasteiger partial charge in [0.1, 0.15) is 0 Å². The Morgan fingerprint density at radius 3 is 1.35 bits per heavy atom. The van der Waals surface area contributed by atoms with Crippen molar-refractivity contribution in [1.82, 2.24) is 20.4 Å². The van der Waals surface area contributed by atoms with Gasteiger partial charge in [0.2, 0.25) is 11.8 Å². The Balaban J connectivity index is 1.23. The summed E-state index contributed by atoms with van der Waals surface area (Å²) in [6.45, 7) is 7.34. The normalized spacial score (nSPS) is 13.9. The molecule has 2 aromatic carbocycles. The second-order valence-corrected chi connectivity index (χ2v) is 9.82. The summed E-state index contributed by atoms with van der Waals surface area (Å²) in [4.78, 5) is 29.6. The van der Waals surface area contributed by atoms with Crippen molar-refractivity contribution < 1.29 is 28.5 Å². The maximum absolute atomic E-state index is 12.3. The number of piperazine rings is 1. The van der Waals surface area contributed by atoms with E-state index in [1.807, 2.05) is 36.4 Å². The minimum Gasteiger partial charge on any atom is -0.493 e. The lowest BCUT2D eigenvalue weighted by atomic mass is 10.1. The standard InChI is InChI=1S/C30H44N4O6/c1-37-25-9-7-23(19-27(25)39-3)21-29(35)31-11-5-13-33-15-17-34(18-16-33)14-6-12-32-30(36)22-24-8-10-26(38-2)28(20-24)40-4/h7-10,19-20H,5-6,11-18,21-22H2,1-4H3,(H,31,35)(H,32,36). The molecule has 0 aromatic heterocycles. The van der Waals surface area contributed by atoms with E-state index >= 15 is 0 Å². The monoisotopic (exact) mass is 556 g/mol. The van der Waals surface area contributed by atoms with E-state index in [0.717, 1.165) is 63.2 Å². The number of amides is 2. The Kier molecular flexibility index (Phi) is 12.9. The number of nitrogens with one attached hydrogen (secondary N) is 2. The number of rotatable bonds is 16. The molecule has 1 saturated heterocycles. The number of ether oxygens (including phenoxy) is 4. The number of nitrogens with zero attached hydrogens (tertiary/aromatic N) is 2. The first-order valence-corrected chi connectivity index (χ1v) is 13.9. The molecule has 2 amide bonds. The smallest absolute Gasteiger partial charge is 0.224 e. The molecule has 1 aliphatic heterocycles. The van der Waals surface area contributed by atoms with Crippen molar-refractivity contribution in [3.8, 4) is 23.0 Å². The van der Waals surface area contributed by atoms with Crippen LogP contribution in [-0.2, 0) is 22.4 Å². The van der Waals surface area contributed by atoms with E-state index in [0.29, 0.717) is 48.9 Å². The van der Waals surface area contributed by atoms with Gasteiger partial charge in [-0.2, -0.15) is 0 Å². The highest BCUT2D eigenvalue weighted by Gasteiger charge is 2.16. The van der Waals surface area contributed by atoms with Crippen LogP contribution in [0.25, 0.3) is 0 Å². The van der Waals surface area contributed by atoms with Crippen molar-refractivity contribution in [3.05, 3.63) is 47.5 Å². The maximum Gasteiger partial charge on any atom is 0.224 e. The summed E-state index contributed by atoms with van der Waals surface area (Å²) in [7, 11) is 6.37. The molecule has 1 fully saturated rings. The van der Waals surface area contributed by atoms with Crippen LogP contribution in [-0.4, -0.2) is 102 Å². The second-order valence-electron chi connectivity index (χ2n) is 9.82. The zero-order valence-corrected chi connectivity index (χ0v) is 24.3. The molecule has 0 unspecified atom stereocenters. The molecule has 0 atom stereocenters. The van der Waals surface area contributed by atoms with Crippen molar-refractivity contribution in [3.63, 3.8) is 0 Å². The fraction of sp³-hybridized carbons (Fsp3) is 0.533. The number of hydrogen-bond acceptors (Lipinski definition) is 8. The molecule has 0 radical (unpaired) electrons. The molecule has 1 aliphatic rings. The van der Waals surface area contributed by atoms with Crippen LogP contribution in [0.2, 0.25) is 0 Å². The Labute approximate surface area is 237 Å². The zero-order chi connectivity index (χ0) is 28.7. The predicted molar refractivity (Wildman–Crippen MR) is 155 cm³/mol. The van der Waals surface area contributed by atoms with Crippen LogP contribution >= 0.6 is 0 Å². The van der Waals surface area contributed by atoms with Crippen molar-refractivity contribution in [2.24, 2.45) is 0 Å². The molecule has 1 heterocycles. The lowest BCUT2D eigenvalue weighted by Crippen LogP contribution is -2.47. The quantitative estimate of drug-likeness (QED) is 0.304. The molecule has 220 valence electrons. The number of hydrogen-bond donors (Lipinski definition) is 2.